The van der Waals surface area contributed by atoms with Gasteiger partial charge in [0, 0.05) is 53.4 Å². The second kappa shape index (κ2) is 9.14. The third-order valence-corrected chi connectivity index (χ3v) is 12.2. The van der Waals surface area contributed by atoms with E-state index in [1.807, 2.05) is 19.9 Å². The Morgan fingerprint density at radius 2 is 1.88 bits per heavy atom. The standard InChI is InChI=1S/C33H42O8/c1-8-17(2)29(37)41-28-26-27-30(4,16-39-26)23(35)14-25(40-18(3)34)33(27,7)22-13-24(36)31(5)20(19-11-12-38-15-19)9-10-21(31)32(22,28)6/h8,10-12,15,20,22-23,25-28,35H,9,13-14,16H2,1-7H3. The number of aliphatic hydroxyl groups is 1. The summed E-state index contributed by atoms with van der Waals surface area (Å²) in [6, 6.07) is 1.92. The highest BCUT2D eigenvalue weighted by Crippen LogP contribution is 2.75. The summed E-state index contributed by atoms with van der Waals surface area (Å²) in [6.07, 6.45) is 5.72. The molecule has 8 nitrogen and oxygen atoms in total. The van der Waals surface area contributed by atoms with E-state index >= 15 is 0 Å². The highest BCUT2D eigenvalue weighted by atomic mass is 16.6. The van der Waals surface area contributed by atoms with Crippen molar-refractivity contribution in [1.82, 2.24) is 0 Å². The Morgan fingerprint density at radius 1 is 1.15 bits per heavy atom. The zero-order chi connectivity index (χ0) is 29.7. The van der Waals surface area contributed by atoms with Crippen LogP contribution in [0.4, 0.5) is 0 Å². The fourth-order valence-electron chi connectivity index (χ4n) is 10.0. The van der Waals surface area contributed by atoms with Gasteiger partial charge in [-0.2, -0.15) is 0 Å². The lowest BCUT2D eigenvalue weighted by molar-refractivity contribution is -0.261. The average Bonchev–Trinajstić information content (AvgIpc) is 3.65. The Hall–Kier alpha value is -2.71. The minimum Gasteiger partial charge on any atom is -0.472 e. The molecule has 4 fully saturated rings. The van der Waals surface area contributed by atoms with Crippen molar-refractivity contribution in [3.05, 3.63) is 47.5 Å². The molecular weight excluding hydrogens is 524 g/mol. The van der Waals surface area contributed by atoms with Gasteiger partial charge in [0.15, 0.2) is 0 Å². The maximum absolute atomic E-state index is 14.5. The van der Waals surface area contributed by atoms with Gasteiger partial charge in [0.2, 0.25) is 0 Å². The molecule has 1 saturated heterocycles. The number of esters is 2. The van der Waals surface area contributed by atoms with Gasteiger partial charge < -0.3 is 23.7 Å². The van der Waals surface area contributed by atoms with Gasteiger partial charge in [0.05, 0.1) is 36.8 Å². The molecule has 0 aromatic carbocycles. The van der Waals surface area contributed by atoms with E-state index in [1.54, 1.807) is 32.4 Å². The van der Waals surface area contributed by atoms with Crippen LogP contribution >= 0.6 is 0 Å². The molecule has 41 heavy (non-hydrogen) atoms. The largest absolute Gasteiger partial charge is 0.472 e. The van der Waals surface area contributed by atoms with Crippen LogP contribution in [0.2, 0.25) is 0 Å². The fraction of sp³-hybridized carbons (Fsp3) is 0.667. The smallest absolute Gasteiger partial charge is 0.333 e. The normalized spacial score (nSPS) is 46.7. The SMILES string of the molecule is CC=C(C)C(=O)OC1C2OCC3(C)C(O)CC(OC(C)=O)C(C)(C23)C2CC(=O)C3(C)C(=CCC3c3ccoc3)C12C. The molecule has 5 aliphatic rings. The molecule has 222 valence electrons. The van der Waals surface area contributed by atoms with Crippen LogP contribution < -0.4 is 0 Å². The maximum atomic E-state index is 14.5. The molecule has 1 aromatic rings. The van der Waals surface area contributed by atoms with E-state index in [1.165, 1.54) is 6.92 Å². The van der Waals surface area contributed by atoms with Gasteiger partial charge in [-0.15, -0.1) is 0 Å². The van der Waals surface area contributed by atoms with Crippen LogP contribution in [-0.4, -0.2) is 53.9 Å². The van der Waals surface area contributed by atoms with Crippen molar-refractivity contribution >= 4 is 17.7 Å². The minimum absolute atomic E-state index is 0.104. The number of furan rings is 1. The summed E-state index contributed by atoms with van der Waals surface area (Å²) in [7, 11) is 0. The molecule has 0 spiro atoms. The molecule has 1 aliphatic heterocycles. The van der Waals surface area contributed by atoms with E-state index in [9.17, 15) is 19.5 Å². The minimum atomic E-state index is -0.828. The van der Waals surface area contributed by atoms with Gasteiger partial charge >= 0.3 is 11.9 Å². The molecule has 1 aromatic heterocycles. The highest BCUT2D eigenvalue weighted by molar-refractivity contribution is 5.92. The number of ketones is 1. The summed E-state index contributed by atoms with van der Waals surface area (Å²) >= 11 is 0. The molecule has 0 radical (unpaired) electrons. The van der Waals surface area contributed by atoms with Gasteiger partial charge in [-0.25, -0.2) is 4.79 Å². The number of allylic oxidation sites excluding steroid dienone is 2. The Kier molecular flexibility index (Phi) is 6.34. The molecule has 1 N–H and O–H groups in total. The van der Waals surface area contributed by atoms with Crippen molar-refractivity contribution in [3.63, 3.8) is 0 Å². The number of carbonyl (C=O) groups is 3. The molecule has 6 rings (SSSR count). The topological polar surface area (TPSA) is 112 Å². The zero-order valence-electron chi connectivity index (χ0n) is 25.1. The van der Waals surface area contributed by atoms with Crippen LogP contribution in [0.15, 0.2) is 46.3 Å². The summed E-state index contributed by atoms with van der Waals surface area (Å²) < 4.78 is 24.5. The summed E-state index contributed by atoms with van der Waals surface area (Å²) in [5, 5.41) is 11.5. The van der Waals surface area contributed by atoms with Crippen LogP contribution in [-0.2, 0) is 28.6 Å². The van der Waals surface area contributed by atoms with E-state index in [0.29, 0.717) is 12.0 Å². The van der Waals surface area contributed by atoms with Crippen molar-refractivity contribution in [2.45, 2.75) is 98.1 Å². The monoisotopic (exact) mass is 566 g/mol. The van der Waals surface area contributed by atoms with Gasteiger partial charge in [0.25, 0.3) is 0 Å². The predicted octanol–water partition coefficient (Wildman–Crippen LogP) is 4.91. The number of hydrogen-bond acceptors (Lipinski definition) is 8. The van der Waals surface area contributed by atoms with Crippen LogP contribution in [0.25, 0.3) is 0 Å². The van der Waals surface area contributed by atoms with E-state index in [-0.39, 0.29) is 43.0 Å². The van der Waals surface area contributed by atoms with E-state index in [2.05, 4.69) is 19.9 Å². The molecule has 0 bridgehead atoms. The molecular formula is C33H42O8. The lowest BCUT2D eigenvalue weighted by Crippen LogP contribution is -2.74. The first kappa shape index (κ1) is 28.4. The second-order valence-electron chi connectivity index (χ2n) is 13.9. The van der Waals surface area contributed by atoms with Gasteiger partial charge in [-0.3, -0.25) is 9.59 Å². The van der Waals surface area contributed by atoms with Gasteiger partial charge in [-0.05, 0) is 44.7 Å². The summed E-state index contributed by atoms with van der Waals surface area (Å²) in [6.45, 7) is 13.5. The maximum Gasteiger partial charge on any atom is 0.333 e. The van der Waals surface area contributed by atoms with Crippen LogP contribution in [0, 0.1) is 33.5 Å². The van der Waals surface area contributed by atoms with Crippen molar-refractivity contribution in [2.24, 2.45) is 33.5 Å². The average molecular weight is 567 g/mol. The van der Waals surface area contributed by atoms with Crippen molar-refractivity contribution in [1.29, 1.82) is 0 Å². The van der Waals surface area contributed by atoms with E-state index in [4.69, 9.17) is 18.6 Å². The van der Waals surface area contributed by atoms with Crippen molar-refractivity contribution < 1.29 is 38.1 Å². The molecule has 11 atom stereocenters. The number of rotatable bonds is 4. The van der Waals surface area contributed by atoms with Gasteiger partial charge in [-0.1, -0.05) is 38.5 Å². The molecule has 0 amide bonds. The third-order valence-electron chi connectivity index (χ3n) is 12.2. The number of ether oxygens (including phenoxy) is 3. The van der Waals surface area contributed by atoms with Crippen molar-refractivity contribution in [2.75, 3.05) is 6.61 Å². The van der Waals surface area contributed by atoms with Crippen LogP contribution in [0.5, 0.6) is 0 Å². The number of hydrogen-bond donors (Lipinski definition) is 1. The van der Waals surface area contributed by atoms with Gasteiger partial charge in [0.1, 0.15) is 18.0 Å². The number of fused-ring (bicyclic) bond motifs is 4. The summed E-state index contributed by atoms with van der Waals surface area (Å²) in [5.74, 6) is -1.46. The Morgan fingerprint density at radius 3 is 2.51 bits per heavy atom. The third kappa shape index (κ3) is 3.49. The van der Waals surface area contributed by atoms with E-state index < -0.39 is 58.0 Å². The molecule has 11 unspecified atom stereocenters. The molecule has 4 aliphatic carbocycles. The van der Waals surface area contributed by atoms with Crippen LogP contribution in [0.1, 0.15) is 79.2 Å². The Bertz CT molecular complexity index is 1340. The molecule has 2 heterocycles. The van der Waals surface area contributed by atoms with Crippen molar-refractivity contribution in [3.8, 4) is 0 Å². The summed E-state index contributed by atoms with van der Waals surface area (Å²) in [5.41, 5.74) is -0.594. The highest BCUT2D eigenvalue weighted by Gasteiger charge is 2.78. The number of carbonyl (C=O) groups excluding carboxylic acids is 3. The lowest BCUT2D eigenvalue weighted by Gasteiger charge is -2.68. The zero-order valence-corrected chi connectivity index (χ0v) is 25.1. The van der Waals surface area contributed by atoms with E-state index in [0.717, 1.165) is 11.1 Å². The Balaban J connectivity index is 1.57. The first-order chi connectivity index (χ1) is 19.2. The van der Waals surface area contributed by atoms with Crippen LogP contribution in [0.3, 0.4) is 0 Å². The quantitative estimate of drug-likeness (QED) is 0.311. The first-order valence-electron chi connectivity index (χ1n) is 14.8. The first-order valence-corrected chi connectivity index (χ1v) is 14.8. The molecule has 8 heteroatoms. The number of aliphatic hydroxyl groups excluding tert-OH is 1. The Labute approximate surface area is 241 Å². The number of Topliss-reactive ketones (excluding diaryl/α,β-unsaturated/α-hetero) is 1. The predicted molar refractivity (Wildman–Crippen MR) is 148 cm³/mol. The lowest BCUT2D eigenvalue weighted by atomic mass is 9.36. The fourth-order valence-corrected chi connectivity index (χ4v) is 10.0. The summed E-state index contributed by atoms with van der Waals surface area (Å²) in [4.78, 5) is 40.4. The second-order valence-corrected chi connectivity index (χ2v) is 13.9. The molecule has 3 saturated carbocycles.